The van der Waals surface area contributed by atoms with E-state index in [1.807, 2.05) is 0 Å². The summed E-state index contributed by atoms with van der Waals surface area (Å²) in [5.41, 5.74) is 3.55. The number of rotatable bonds is 14. The van der Waals surface area contributed by atoms with Gasteiger partial charge in [0.25, 0.3) is 0 Å². The number of phenolic OH excluding ortho intramolecular Hbond substituents is 1. The summed E-state index contributed by atoms with van der Waals surface area (Å²) < 4.78 is 0. The molecule has 214 valence electrons. The van der Waals surface area contributed by atoms with E-state index in [0.717, 1.165) is 48.8 Å². The number of hydrogen-bond acceptors (Lipinski definition) is 6. The van der Waals surface area contributed by atoms with Crippen molar-refractivity contribution in [2.45, 2.75) is 98.8 Å². The predicted molar refractivity (Wildman–Crippen MR) is 149 cm³/mol. The molecular formula is C30H52O7. The largest absolute Gasteiger partial charge is 0.507 e. The number of aryl methyl sites for hydroxylation is 2. The molecule has 1 aliphatic rings. The van der Waals surface area contributed by atoms with Gasteiger partial charge < -0.3 is 20.8 Å². The zero-order chi connectivity index (χ0) is 27.0. The Labute approximate surface area is 225 Å². The van der Waals surface area contributed by atoms with Crippen LogP contribution in [0.5, 0.6) is 5.75 Å². The molecule has 1 aromatic rings. The summed E-state index contributed by atoms with van der Waals surface area (Å²) in [5.74, 6) is -1.61. The lowest BCUT2D eigenvalue weighted by Crippen LogP contribution is -2.32. The molecule has 0 spiro atoms. The summed E-state index contributed by atoms with van der Waals surface area (Å²) in [5, 5.41) is 30.7. The molecule has 0 radical (unpaired) electrons. The lowest BCUT2D eigenvalue weighted by molar-refractivity contribution is -0.131. The smallest absolute Gasteiger partial charge is 0.167 e. The van der Waals surface area contributed by atoms with Crippen molar-refractivity contribution in [2.75, 3.05) is 13.2 Å². The van der Waals surface area contributed by atoms with Gasteiger partial charge in [-0.15, -0.1) is 0 Å². The minimum Gasteiger partial charge on any atom is -0.507 e. The summed E-state index contributed by atoms with van der Waals surface area (Å²) in [6.45, 7) is 9.54. The number of Topliss-reactive ketones (excluding diaryl/α,β-unsaturated/α-hetero) is 3. The highest BCUT2D eigenvalue weighted by atomic mass is 16.3. The number of carbonyl (C=O) groups excluding carboxylic acids is 3. The number of aliphatic hydroxyl groups excluding tert-OH is 2. The number of phenols is 1. The molecule has 3 unspecified atom stereocenters. The Morgan fingerprint density at radius 2 is 1.81 bits per heavy atom. The van der Waals surface area contributed by atoms with Crippen LogP contribution in [0.4, 0.5) is 0 Å². The van der Waals surface area contributed by atoms with E-state index >= 15 is 0 Å². The molecule has 0 amide bonds. The van der Waals surface area contributed by atoms with Crippen molar-refractivity contribution in [1.29, 1.82) is 0 Å². The van der Waals surface area contributed by atoms with Gasteiger partial charge in [-0.3, -0.25) is 14.4 Å². The van der Waals surface area contributed by atoms with E-state index in [0.29, 0.717) is 24.8 Å². The minimum absolute atomic E-state index is 0. The van der Waals surface area contributed by atoms with Gasteiger partial charge in [0, 0.05) is 21.8 Å². The van der Waals surface area contributed by atoms with Crippen LogP contribution in [0.2, 0.25) is 0 Å². The molecule has 37 heavy (non-hydrogen) atoms. The molecule has 0 fully saturated rings. The highest BCUT2D eigenvalue weighted by molar-refractivity contribution is 6.02. The zero-order valence-electron chi connectivity index (χ0n) is 23.4. The molecular weight excluding hydrogens is 472 g/mol. The Morgan fingerprint density at radius 3 is 2.35 bits per heavy atom. The first kappa shape index (κ1) is 32.9. The Kier molecular flexibility index (Phi) is 13.1. The van der Waals surface area contributed by atoms with E-state index in [9.17, 15) is 29.7 Å². The van der Waals surface area contributed by atoms with Crippen LogP contribution in [0, 0.1) is 23.2 Å². The SMILES string of the molecule is CCCc1cc(CCCC(C)(C)C)c(O)c2c1CC(CC(CCO)C(CO)C(=O)CC(C)=O)CC2=O.O.[HH].[HH]. The molecule has 0 saturated carbocycles. The van der Waals surface area contributed by atoms with Crippen molar-refractivity contribution in [2.24, 2.45) is 23.2 Å². The molecule has 7 nitrogen and oxygen atoms in total. The quantitative estimate of drug-likeness (QED) is 0.302. The van der Waals surface area contributed by atoms with Crippen LogP contribution < -0.4 is 0 Å². The first-order valence-electron chi connectivity index (χ1n) is 13.5. The van der Waals surface area contributed by atoms with E-state index in [1.54, 1.807) is 0 Å². The first-order chi connectivity index (χ1) is 16.9. The number of carbonyl (C=O) groups is 3. The second-order valence-electron chi connectivity index (χ2n) is 11.9. The van der Waals surface area contributed by atoms with Crippen molar-refractivity contribution < 1.29 is 38.0 Å². The van der Waals surface area contributed by atoms with Gasteiger partial charge in [0.1, 0.15) is 17.3 Å². The number of aromatic hydroxyl groups is 1. The average molecular weight is 525 g/mol. The summed E-state index contributed by atoms with van der Waals surface area (Å²) >= 11 is 0. The normalized spacial score (nSPS) is 17.1. The van der Waals surface area contributed by atoms with Gasteiger partial charge in [-0.25, -0.2) is 0 Å². The van der Waals surface area contributed by atoms with Crippen molar-refractivity contribution in [3.63, 3.8) is 0 Å². The van der Waals surface area contributed by atoms with Crippen molar-refractivity contribution in [3.05, 3.63) is 28.3 Å². The number of ketones is 3. The van der Waals surface area contributed by atoms with Crippen LogP contribution in [-0.4, -0.2) is 51.4 Å². The third-order valence-corrected chi connectivity index (χ3v) is 7.46. The van der Waals surface area contributed by atoms with E-state index in [2.05, 4.69) is 33.8 Å². The third-order valence-electron chi connectivity index (χ3n) is 7.46. The van der Waals surface area contributed by atoms with Crippen LogP contribution >= 0.6 is 0 Å². The first-order valence-corrected chi connectivity index (χ1v) is 13.5. The Morgan fingerprint density at radius 1 is 1.14 bits per heavy atom. The molecule has 2 rings (SSSR count). The maximum absolute atomic E-state index is 13.3. The van der Waals surface area contributed by atoms with Crippen LogP contribution in [-0.2, 0) is 28.9 Å². The molecule has 0 aliphatic heterocycles. The number of benzene rings is 1. The number of hydrogen-bond donors (Lipinski definition) is 3. The van der Waals surface area contributed by atoms with Gasteiger partial charge in [0.2, 0.25) is 0 Å². The maximum Gasteiger partial charge on any atom is 0.167 e. The van der Waals surface area contributed by atoms with Crippen LogP contribution in [0.1, 0.15) is 109 Å². The fourth-order valence-electron chi connectivity index (χ4n) is 5.71. The van der Waals surface area contributed by atoms with E-state index in [-0.39, 0.29) is 74.7 Å². The topological polar surface area (TPSA) is 143 Å². The molecule has 5 N–H and O–H groups in total. The van der Waals surface area contributed by atoms with Gasteiger partial charge in [-0.2, -0.15) is 0 Å². The van der Waals surface area contributed by atoms with Crippen molar-refractivity contribution in [1.82, 2.24) is 0 Å². The lowest BCUT2D eigenvalue weighted by atomic mass is 9.72. The fourth-order valence-corrected chi connectivity index (χ4v) is 5.71. The molecule has 0 saturated heterocycles. The Balaban J connectivity index is 0. The van der Waals surface area contributed by atoms with Gasteiger partial charge in [0.15, 0.2) is 5.78 Å². The molecule has 1 aliphatic carbocycles. The monoisotopic (exact) mass is 524 g/mol. The second kappa shape index (κ2) is 14.7. The van der Waals surface area contributed by atoms with E-state index in [4.69, 9.17) is 0 Å². The van der Waals surface area contributed by atoms with E-state index < -0.39 is 5.92 Å². The van der Waals surface area contributed by atoms with Crippen LogP contribution in [0.15, 0.2) is 6.07 Å². The third kappa shape index (κ3) is 9.31. The lowest BCUT2D eigenvalue weighted by Gasteiger charge is -2.32. The molecule has 0 heterocycles. The zero-order valence-corrected chi connectivity index (χ0v) is 23.4. The molecule has 0 bridgehead atoms. The van der Waals surface area contributed by atoms with Gasteiger partial charge >= 0.3 is 0 Å². The van der Waals surface area contributed by atoms with E-state index in [1.165, 1.54) is 6.92 Å². The molecule has 1 aromatic carbocycles. The fraction of sp³-hybridized carbons (Fsp3) is 0.700. The standard InChI is InChI=1S/C30H46O6.H2O.2H2/c1-6-8-21-17-23(9-7-11-30(3,4)5)29(36)28-24(21)15-20(16-27(28)35)14-22(10-12-31)25(18-32)26(34)13-19(2)33;;;/h17,20,22,25,31-32,36H,6-16,18H2,1-5H3;1H2;2*1H. The maximum atomic E-state index is 13.3. The van der Waals surface area contributed by atoms with Gasteiger partial charge in [-0.05, 0) is 85.8 Å². The average Bonchev–Trinajstić information content (AvgIpc) is 2.75. The van der Waals surface area contributed by atoms with Crippen molar-refractivity contribution >= 4 is 17.3 Å². The predicted octanol–water partition coefficient (Wildman–Crippen LogP) is 4.67. The number of fused-ring (bicyclic) bond motifs is 1. The van der Waals surface area contributed by atoms with Crippen LogP contribution in [0.3, 0.4) is 0 Å². The summed E-state index contributed by atoms with van der Waals surface area (Å²) in [6, 6.07) is 2.08. The Bertz CT molecular complexity index is 940. The highest BCUT2D eigenvalue weighted by Gasteiger charge is 2.35. The molecule has 7 heteroatoms. The number of aliphatic hydroxyl groups is 2. The Hall–Kier alpha value is -2.09. The molecule has 3 atom stereocenters. The van der Waals surface area contributed by atoms with Crippen molar-refractivity contribution in [3.8, 4) is 5.75 Å². The summed E-state index contributed by atoms with van der Waals surface area (Å²) in [4.78, 5) is 37.4. The summed E-state index contributed by atoms with van der Waals surface area (Å²) in [7, 11) is 0. The second-order valence-corrected chi connectivity index (χ2v) is 11.9. The summed E-state index contributed by atoms with van der Waals surface area (Å²) in [6.07, 6.45) is 5.94. The van der Waals surface area contributed by atoms with Gasteiger partial charge in [-0.1, -0.05) is 40.2 Å². The molecule has 0 aromatic heterocycles. The highest BCUT2D eigenvalue weighted by Crippen LogP contribution is 2.41. The van der Waals surface area contributed by atoms with Crippen LogP contribution in [0.25, 0.3) is 0 Å². The minimum atomic E-state index is -0.730. The van der Waals surface area contributed by atoms with Gasteiger partial charge in [0.05, 0.1) is 18.6 Å².